The summed E-state index contributed by atoms with van der Waals surface area (Å²) in [6.45, 7) is 0. The molecule has 1 saturated carbocycles. The molecule has 5 nitrogen and oxygen atoms in total. The molecule has 0 saturated heterocycles. The van der Waals surface area contributed by atoms with Crippen molar-refractivity contribution < 1.29 is 18.3 Å². The van der Waals surface area contributed by atoms with Crippen LogP contribution in [-0.2, 0) is 0 Å². The van der Waals surface area contributed by atoms with Gasteiger partial charge in [0, 0.05) is 11.6 Å². The SMILES string of the molecule is O=C(NC1CCC(Oc2ncc(F)cn2)CC1)c1ccc(F)cc1. The van der Waals surface area contributed by atoms with Crippen LogP contribution in [0.25, 0.3) is 0 Å². The molecule has 126 valence electrons. The molecule has 1 N–H and O–H groups in total. The van der Waals surface area contributed by atoms with Crippen molar-refractivity contribution in [2.75, 3.05) is 0 Å². The Morgan fingerprint density at radius 2 is 1.62 bits per heavy atom. The number of carbonyl (C=O) groups excluding carboxylic acids is 1. The summed E-state index contributed by atoms with van der Waals surface area (Å²) in [5.41, 5.74) is 0.439. The summed E-state index contributed by atoms with van der Waals surface area (Å²) in [6, 6.07) is 5.67. The van der Waals surface area contributed by atoms with E-state index in [1.807, 2.05) is 0 Å². The summed E-state index contributed by atoms with van der Waals surface area (Å²) in [6.07, 6.45) is 5.10. The Balaban J connectivity index is 1.47. The third kappa shape index (κ3) is 4.24. The summed E-state index contributed by atoms with van der Waals surface area (Å²) in [5.74, 6) is -1.08. The molecule has 0 aliphatic heterocycles. The van der Waals surface area contributed by atoms with Crippen molar-refractivity contribution in [1.82, 2.24) is 15.3 Å². The van der Waals surface area contributed by atoms with Gasteiger partial charge in [-0.05, 0) is 49.9 Å². The summed E-state index contributed by atoms with van der Waals surface area (Å²) < 4.78 is 31.3. The van der Waals surface area contributed by atoms with E-state index in [1.54, 1.807) is 0 Å². The van der Waals surface area contributed by atoms with Crippen molar-refractivity contribution in [3.05, 3.63) is 53.9 Å². The predicted molar refractivity (Wildman–Crippen MR) is 82.5 cm³/mol. The molecule has 0 radical (unpaired) electrons. The molecule has 0 bridgehead atoms. The monoisotopic (exact) mass is 333 g/mol. The number of nitrogens with one attached hydrogen (secondary N) is 1. The Labute approximate surface area is 138 Å². The smallest absolute Gasteiger partial charge is 0.316 e. The highest BCUT2D eigenvalue weighted by Crippen LogP contribution is 2.22. The van der Waals surface area contributed by atoms with Gasteiger partial charge in [-0.1, -0.05) is 0 Å². The zero-order chi connectivity index (χ0) is 16.9. The van der Waals surface area contributed by atoms with Crippen LogP contribution in [0.1, 0.15) is 36.0 Å². The van der Waals surface area contributed by atoms with E-state index in [0.29, 0.717) is 5.56 Å². The third-order valence-corrected chi connectivity index (χ3v) is 3.98. The van der Waals surface area contributed by atoms with Gasteiger partial charge >= 0.3 is 6.01 Å². The Kier molecular flexibility index (Phi) is 4.98. The predicted octanol–water partition coefficient (Wildman–Crippen LogP) is 2.87. The van der Waals surface area contributed by atoms with Crippen LogP contribution in [0.4, 0.5) is 8.78 Å². The van der Waals surface area contributed by atoms with Crippen LogP contribution in [0.3, 0.4) is 0 Å². The second kappa shape index (κ2) is 7.33. The molecular formula is C17H17F2N3O2. The first-order valence-electron chi connectivity index (χ1n) is 7.81. The number of aromatic nitrogens is 2. The van der Waals surface area contributed by atoms with Crippen molar-refractivity contribution in [2.45, 2.75) is 37.8 Å². The first-order chi connectivity index (χ1) is 11.6. The van der Waals surface area contributed by atoms with E-state index in [1.165, 1.54) is 24.3 Å². The first-order valence-corrected chi connectivity index (χ1v) is 7.81. The van der Waals surface area contributed by atoms with E-state index in [9.17, 15) is 13.6 Å². The molecular weight excluding hydrogens is 316 g/mol. The van der Waals surface area contributed by atoms with E-state index < -0.39 is 5.82 Å². The molecule has 1 aromatic heterocycles. The average molecular weight is 333 g/mol. The first kappa shape index (κ1) is 16.3. The lowest BCUT2D eigenvalue weighted by Crippen LogP contribution is -2.39. The minimum Gasteiger partial charge on any atom is -0.460 e. The molecule has 1 aliphatic carbocycles. The molecule has 0 unspecified atom stereocenters. The van der Waals surface area contributed by atoms with Gasteiger partial charge in [-0.3, -0.25) is 4.79 Å². The Bertz CT molecular complexity index is 684. The standard InChI is InChI=1S/C17H17F2N3O2/c18-12-3-1-11(2-4-12)16(23)22-14-5-7-15(8-6-14)24-17-20-9-13(19)10-21-17/h1-4,9-10,14-15H,5-8H2,(H,22,23). The molecule has 1 fully saturated rings. The zero-order valence-corrected chi connectivity index (χ0v) is 12.9. The number of hydrogen-bond donors (Lipinski definition) is 1. The van der Waals surface area contributed by atoms with Gasteiger partial charge in [0.25, 0.3) is 5.91 Å². The molecule has 0 atom stereocenters. The van der Waals surface area contributed by atoms with Gasteiger partial charge in [0.15, 0.2) is 5.82 Å². The van der Waals surface area contributed by atoms with E-state index in [2.05, 4.69) is 15.3 Å². The molecule has 3 rings (SSSR count). The van der Waals surface area contributed by atoms with Crippen LogP contribution in [0, 0.1) is 11.6 Å². The van der Waals surface area contributed by atoms with Gasteiger partial charge < -0.3 is 10.1 Å². The van der Waals surface area contributed by atoms with Crippen molar-refractivity contribution >= 4 is 5.91 Å². The highest BCUT2D eigenvalue weighted by atomic mass is 19.1. The Morgan fingerprint density at radius 1 is 1.00 bits per heavy atom. The van der Waals surface area contributed by atoms with Crippen LogP contribution >= 0.6 is 0 Å². The van der Waals surface area contributed by atoms with Gasteiger partial charge in [0.1, 0.15) is 11.9 Å². The lowest BCUT2D eigenvalue weighted by Gasteiger charge is -2.28. The summed E-state index contributed by atoms with van der Waals surface area (Å²) in [7, 11) is 0. The normalized spacial score (nSPS) is 20.4. The van der Waals surface area contributed by atoms with Crippen LogP contribution in [0.5, 0.6) is 6.01 Å². The van der Waals surface area contributed by atoms with Gasteiger partial charge in [-0.15, -0.1) is 0 Å². The second-order valence-corrected chi connectivity index (χ2v) is 5.76. The second-order valence-electron chi connectivity index (χ2n) is 5.76. The summed E-state index contributed by atoms with van der Waals surface area (Å²) in [4.78, 5) is 19.7. The lowest BCUT2D eigenvalue weighted by molar-refractivity contribution is 0.0885. The van der Waals surface area contributed by atoms with E-state index in [0.717, 1.165) is 38.1 Å². The number of rotatable bonds is 4. The van der Waals surface area contributed by atoms with Crippen molar-refractivity contribution in [1.29, 1.82) is 0 Å². The number of hydrogen-bond acceptors (Lipinski definition) is 4. The fraction of sp³-hybridized carbons (Fsp3) is 0.353. The van der Waals surface area contributed by atoms with Gasteiger partial charge in [-0.25, -0.2) is 18.7 Å². The fourth-order valence-electron chi connectivity index (χ4n) is 2.71. The number of halogens is 2. The highest BCUT2D eigenvalue weighted by molar-refractivity contribution is 5.94. The van der Waals surface area contributed by atoms with Crippen molar-refractivity contribution in [2.24, 2.45) is 0 Å². The summed E-state index contributed by atoms with van der Waals surface area (Å²) in [5, 5.41) is 2.95. The van der Waals surface area contributed by atoms with Crippen LogP contribution in [0.2, 0.25) is 0 Å². The number of ether oxygens (including phenoxy) is 1. The molecule has 1 heterocycles. The lowest BCUT2D eigenvalue weighted by atomic mass is 9.92. The van der Waals surface area contributed by atoms with Crippen LogP contribution in [-0.4, -0.2) is 28.0 Å². The number of nitrogens with zero attached hydrogens (tertiary/aromatic N) is 2. The van der Waals surface area contributed by atoms with Gasteiger partial charge in [0.2, 0.25) is 0 Å². The molecule has 1 aromatic carbocycles. The molecule has 1 amide bonds. The molecule has 24 heavy (non-hydrogen) atoms. The fourth-order valence-corrected chi connectivity index (χ4v) is 2.71. The van der Waals surface area contributed by atoms with Gasteiger partial charge in [-0.2, -0.15) is 0 Å². The zero-order valence-electron chi connectivity index (χ0n) is 12.9. The largest absolute Gasteiger partial charge is 0.460 e. The highest BCUT2D eigenvalue weighted by Gasteiger charge is 2.24. The number of benzene rings is 1. The minimum absolute atomic E-state index is 0.0468. The van der Waals surface area contributed by atoms with E-state index in [4.69, 9.17) is 4.74 Å². The van der Waals surface area contributed by atoms with Crippen molar-refractivity contribution in [3.63, 3.8) is 0 Å². The number of carbonyl (C=O) groups is 1. The summed E-state index contributed by atoms with van der Waals surface area (Å²) >= 11 is 0. The quantitative estimate of drug-likeness (QED) is 0.934. The molecule has 2 aromatic rings. The third-order valence-electron chi connectivity index (χ3n) is 3.98. The van der Waals surface area contributed by atoms with Crippen LogP contribution < -0.4 is 10.1 Å². The Morgan fingerprint density at radius 3 is 2.25 bits per heavy atom. The average Bonchev–Trinajstić information content (AvgIpc) is 2.59. The molecule has 0 spiro atoms. The maximum Gasteiger partial charge on any atom is 0.316 e. The maximum atomic E-state index is 12.9. The number of amides is 1. The maximum absolute atomic E-state index is 12.9. The molecule has 1 aliphatic rings. The van der Waals surface area contributed by atoms with Crippen LogP contribution in [0.15, 0.2) is 36.7 Å². The molecule has 7 heteroatoms. The van der Waals surface area contributed by atoms with Crippen molar-refractivity contribution in [3.8, 4) is 6.01 Å². The minimum atomic E-state index is -0.505. The van der Waals surface area contributed by atoms with Gasteiger partial charge in [0.05, 0.1) is 12.4 Å². The van der Waals surface area contributed by atoms with E-state index >= 15 is 0 Å². The van der Waals surface area contributed by atoms with E-state index in [-0.39, 0.29) is 29.9 Å². The Hall–Kier alpha value is -2.57. The topological polar surface area (TPSA) is 64.1 Å².